The highest BCUT2D eigenvalue weighted by Crippen LogP contribution is 2.22. The Morgan fingerprint density at radius 2 is 1.87 bits per heavy atom. The van der Waals surface area contributed by atoms with Crippen LogP contribution in [0.15, 0.2) is 48.5 Å². The molecule has 0 bridgehead atoms. The highest BCUT2D eigenvalue weighted by molar-refractivity contribution is 7.99. The van der Waals surface area contributed by atoms with Gasteiger partial charge in [0, 0.05) is 36.5 Å². The maximum atomic E-state index is 13.0. The van der Waals surface area contributed by atoms with Gasteiger partial charge in [0.1, 0.15) is 6.04 Å². The number of nitro groups is 1. The van der Waals surface area contributed by atoms with Crippen molar-refractivity contribution in [3.8, 4) is 0 Å². The van der Waals surface area contributed by atoms with Crippen molar-refractivity contribution in [2.75, 3.05) is 12.8 Å². The van der Waals surface area contributed by atoms with E-state index in [1.54, 1.807) is 30.1 Å². The Hall–Kier alpha value is -2.58. The maximum Gasteiger partial charge on any atom is 0.269 e. The fraction of sp³-hybridized carbons (Fsp3) is 0.333. The van der Waals surface area contributed by atoms with Gasteiger partial charge in [-0.15, -0.1) is 11.8 Å². The third kappa shape index (κ3) is 6.47. The molecule has 0 fully saturated rings. The summed E-state index contributed by atoms with van der Waals surface area (Å²) < 4.78 is 0. The molecule has 160 valence electrons. The third-order valence-electron chi connectivity index (χ3n) is 4.57. The second-order valence-corrected chi connectivity index (χ2v) is 7.96. The zero-order chi connectivity index (χ0) is 22.1. The van der Waals surface area contributed by atoms with E-state index in [1.165, 1.54) is 23.9 Å². The zero-order valence-electron chi connectivity index (χ0n) is 16.8. The van der Waals surface area contributed by atoms with Crippen LogP contribution in [0.4, 0.5) is 5.69 Å². The van der Waals surface area contributed by atoms with Gasteiger partial charge >= 0.3 is 0 Å². The van der Waals surface area contributed by atoms with Crippen LogP contribution in [0.2, 0.25) is 5.02 Å². The topological polar surface area (TPSA) is 92.6 Å². The quantitative estimate of drug-likeness (QED) is 0.436. The minimum Gasteiger partial charge on any atom is -0.357 e. The van der Waals surface area contributed by atoms with E-state index < -0.39 is 11.0 Å². The zero-order valence-corrected chi connectivity index (χ0v) is 18.4. The van der Waals surface area contributed by atoms with E-state index in [0.717, 1.165) is 11.1 Å². The van der Waals surface area contributed by atoms with Gasteiger partial charge in [0.2, 0.25) is 11.8 Å². The van der Waals surface area contributed by atoms with Crippen molar-refractivity contribution in [3.63, 3.8) is 0 Å². The summed E-state index contributed by atoms with van der Waals surface area (Å²) in [7, 11) is 1.55. The number of non-ortho nitro benzene ring substituents is 1. The molecule has 7 nitrogen and oxygen atoms in total. The van der Waals surface area contributed by atoms with Crippen LogP contribution in [0.3, 0.4) is 0 Å². The Morgan fingerprint density at radius 1 is 1.20 bits per heavy atom. The van der Waals surface area contributed by atoms with Gasteiger partial charge in [-0.05, 0) is 23.6 Å². The molecule has 0 aliphatic rings. The van der Waals surface area contributed by atoms with Crippen LogP contribution < -0.4 is 5.32 Å². The Bertz CT molecular complexity index is 892. The summed E-state index contributed by atoms with van der Waals surface area (Å²) in [5.74, 6) is 0.311. The van der Waals surface area contributed by atoms with Crippen molar-refractivity contribution in [1.82, 2.24) is 10.2 Å². The lowest BCUT2D eigenvalue weighted by atomic mass is 10.1. The lowest BCUT2D eigenvalue weighted by Crippen LogP contribution is -2.48. The number of nitrogens with zero attached hydrogens (tertiary/aromatic N) is 2. The molecule has 1 atom stereocenters. The monoisotopic (exact) mass is 449 g/mol. The van der Waals surface area contributed by atoms with E-state index in [0.29, 0.717) is 17.2 Å². The number of amides is 2. The molecule has 0 radical (unpaired) electrons. The highest BCUT2D eigenvalue weighted by atomic mass is 35.5. The van der Waals surface area contributed by atoms with Gasteiger partial charge in [0.25, 0.3) is 5.69 Å². The summed E-state index contributed by atoms with van der Waals surface area (Å²) in [5, 5.41) is 13.9. The smallest absolute Gasteiger partial charge is 0.269 e. The summed E-state index contributed by atoms with van der Waals surface area (Å²) >= 11 is 7.66. The van der Waals surface area contributed by atoms with Crippen LogP contribution in [0, 0.1) is 10.1 Å². The van der Waals surface area contributed by atoms with Gasteiger partial charge in [-0.1, -0.05) is 48.9 Å². The molecular formula is C21H24ClN3O4S. The van der Waals surface area contributed by atoms with Gasteiger partial charge in [-0.25, -0.2) is 0 Å². The molecule has 2 amide bonds. The predicted molar refractivity (Wildman–Crippen MR) is 119 cm³/mol. The number of rotatable bonds is 10. The summed E-state index contributed by atoms with van der Waals surface area (Å²) in [6.45, 7) is 2.10. The van der Waals surface area contributed by atoms with Gasteiger partial charge in [0.05, 0.1) is 10.7 Å². The average Bonchev–Trinajstić information content (AvgIpc) is 2.74. The fourth-order valence-corrected chi connectivity index (χ4v) is 4.02. The number of halogens is 1. The van der Waals surface area contributed by atoms with E-state index in [1.807, 2.05) is 25.1 Å². The maximum absolute atomic E-state index is 13.0. The Kier molecular flexibility index (Phi) is 9.14. The summed E-state index contributed by atoms with van der Waals surface area (Å²) in [6, 6.07) is 12.9. The fourth-order valence-electron chi connectivity index (χ4n) is 2.95. The first-order valence-corrected chi connectivity index (χ1v) is 11.0. The van der Waals surface area contributed by atoms with Gasteiger partial charge in [-0.3, -0.25) is 19.7 Å². The van der Waals surface area contributed by atoms with Crippen LogP contribution in [0.1, 0.15) is 24.5 Å². The first-order chi connectivity index (χ1) is 14.4. The number of carbonyl (C=O) groups is 2. The largest absolute Gasteiger partial charge is 0.357 e. The second-order valence-electron chi connectivity index (χ2n) is 6.57. The van der Waals surface area contributed by atoms with Crippen LogP contribution in [0.25, 0.3) is 0 Å². The number of thioether (sulfide) groups is 1. The minimum absolute atomic E-state index is 0.0297. The highest BCUT2D eigenvalue weighted by Gasteiger charge is 2.28. The molecule has 0 saturated heterocycles. The molecule has 0 heterocycles. The van der Waals surface area contributed by atoms with Crippen molar-refractivity contribution in [2.45, 2.75) is 31.7 Å². The first kappa shape index (κ1) is 23.7. The van der Waals surface area contributed by atoms with E-state index in [9.17, 15) is 19.7 Å². The number of benzene rings is 2. The number of nitro benzene ring substituents is 1. The molecule has 0 saturated carbocycles. The van der Waals surface area contributed by atoms with Gasteiger partial charge in [0.15, 0.2) is 0 Å². The summed E-state index contributed by atoms with van der Waals surface area (Å²) in [4.78, 5) is 37.2. The molecule has 0 aliphatic heterocycles. The molecule has 2 rings (SSSR count). The molecule has 2 aromatic carbocycles. The van der Waals surface area contributed by atoms with Crippen molar-refractivity contribution in [1.29, 1.82) is 0 Å². The molecule has 30 heavy (non-hydrogen) atoms. The molecular weight excluding hydrogens is 426 g/mol. The predicted octanol–water partition coefficient (Wildman–Crippen LogP) is 4.03. The molecule has 0 spiro atoms. The minimum atomic E-state index is -0.598. The Labute approximate surface area is 184 Å². The van der Waals surface area contributed by atoms with Crippen molar-refractivity contribution in [2.24, 2.45) is 0 Å². The van der Waals surface area contributed by atoms with Crippen LogP contribution >= 0.6 is 23.4 Å². The number of carbonyl (C=O) groups excluding carboxylic acids is 2. The lowest BCUT2D eigenvalue weighted by Gasteiger charge is -2.30. The van der Waals surface area contributed by atoms with Crippen LogP contribution in [-0.2, 0) is 21.9 Å². The van der Waals surface area contributed by atoms with E-state index in [2.05, 4.69) is 5.32 Å². The number of nitrogens with one attached hydrogen (secondary N) is 1. The lowest BCUT2D eigenvalue weighted by molar-refractivity contribution is -0.384. The molecule has 2 aromatic rings. The van der Waals surface area contributed by atoms with Gasteiger partial charge < -0.3 is 10.2 Å². The molecule has 1 N–H and O–H groups in total. The summed E-state index contributed by atoms with van der Waals surface area (Å²) in [6.07, 6.45) is 0.475. The standard InChI is InChI=1S/C21H24ClN3O4S/c1-3-19(21(27)23-2)24(12-16-6-4-5-7-18(16)22)20(26)14-30-13-15-8-10-17(11-9-15)25(28)29/h4-11,19H,3,12-14H2,1-2H3,(H,23,27)/t19-/m0/s1. The van der Waals surface area contributed by atoms with Crippen molar-refractivity contribution in [3.05, 3.63) is 74.8 Å². The molecule has 9 heteroatoms. The molecule has 0 aromatic heterocycles. The molecule has 0 aliphatic carbocycles. The Morgan fingerprint density at radius 3 is 2.43 bits per heavy atom. The van der Waals surface area contributed by atoms with E-state index >= 15 is 0 Å². The van der Waals surface area contributed by atoms with Crippen molar-refractivity contribution >= 4 is 40.9 Å². The van der Waals surface area contributed by atoms with E-state index in [-0.39, 0.29) is 29.8 Å². The van der Waals surface area contributed by atoms with Gasteiger partial charge in [-0.2, -0.15) is 0 Å². The second kappa shape index (κ2) is 11.6. The molecule has 0 unspecified atom stereocenters. The summed E-state index contributed by atoms with van der Waals surface area (Å²) in [5.41, 5.74) is 1.69. The first-order valence-electron chi connectivity index (χ1n) is 9.42. The Balaban J connectivity index is 2.08. The van der Waals surface area contributed by atoms with E-state index in [4.69, 9.17) is 11.6 Å². The van der Waals surface area contributed by atoms with Crippen LogP contribution in [-0.4, -0.2) is 40.5 Å². The third-order valence-corrected chi connectivity index (χ3v) is 5.93. The van der Waals surface area contributed by atoms with Crippen LogP contribution in [0.5, 0.6) is 0 Å². The SMILES string of the molecule is CC[C@@H](C(=O)NC)N(Cc1ccccc1Cl)C(=O)CSCc1ccc([N+](=O)[O-])cc1. The number of hydrogen-bond acceptors (Lipinski definition) is 5. The normalized spacial score (nSPS) is 11.6. The average molecular weight is 450 g/mol. The van der Waals surface area contributed by atoms with Crippen molar-refractivity contribution < 1.29 is 14.5 Å². The number of likely N-dealkylation sites (N-methyl/N-ethyl adjacent to an activating group) is 1. The number of hydrogen-bond donors (Lipinski definition) is 1.